The molecule has 0 aromatic heterocycles. The molecule has 0 spiro atoms. The first-order valence-electron chi connectivity index (χ1n) is 6.95. The topological polar surface area (TPSA) is 44.5 Å². The van der Waals surface area contributed by atoms with Gasteiger partial charge in [-0.2, -0.15) is 0 Å². The van der Waals surface area contributed by atoms with Crippen LogP contribution in [0.2, 0.25) is 0 Å². The molecule has 0 radical (unpaired) electrons. The molecule has 1 saturated heterocycles. The molecular weight excluding hydrogens is 280 g/mol. The Morgan fingerprint density at radius 1 is 1.19 bits per heavy atom. The maximum atomic E-state index is 4.78. The molecule has 4 nitrogen and oxygen atoms in total. The second-order valence-corrected chi connectivity index (χ2v) is 5.88. The van der Waals surface area contributed by atoms with Crippen molar-refractivity contribution >= 4 is 17.2 Å². The highest BCUT2D eigenvalue weighted by atomic mass is 32.1. The second-order valence-electron chi connectivity index (χ2n) is 5.27. The number of hydrazine groups is 1. The summed E-state index contributed by atoms with van der Waals surface area (Å²) in [6, 6.07) is 8.89. The third-order valence-electron chi connectivity index (χ3n) is 3.33. The van der Waals surface area contributed by atoms with Crippen LogP contribution >= 0.6 is 12.2 Å². The van der Waals surface area contributed by atoms with Gasteiger partial charge in [0.05, 0.1) is 4.99 Å². The van der Waals surface area contributed by atoms with Gasteiger partial charge in [-0.25, -0.2) is 0 Å². The Morgan fingerprint density at radius 2 is 1.67 bits per heavy atom. The minimum Gasteiger partial charge on any atom is -0.318 e. The van der Waals surface area contributed by atoms with Gasteiger partial charge in [-0.3, -0.25) is 10.7 Å². The fourth-order valence-electron chi connectivity index (χ4n) is 1.96. The van der Waals surface area contributed by atoms with Gasteiger partial charge in [-0.1, -0.05) is 49.5 Å². The van der Waals surface area contributed by atoms with Gasteiger partial charge in [-0.05, 0) is 26.5 Å². The minimum atomic E-state index is 0. The molecule has 5 heteroatoms. The lowest BCUT2D eigenvalue weighted by Gasteiger charge is -2.32. The maximum Gasteiger partial charge on any atom is 0.0861 e. The molecule has 0 amide bonds. The molecule has 120 valence electrons. The van der Waals surface area contributed by atoms with Crippen molar-refractivity contribution in [3.05, 3.63) is 35.4 Å². The molecule has 2 rings (SSSR count). The molecule has 1 fully saturated rings. The fourth-order valence-corrected chi connectivity index (χ4v) is 1.96. The Labute approximate surface area is 135 Å². The Balaban J connectivity index is 0.000000583. The average Bonchev–Trinajstić information content (AvgIpc) is 2.44. The van der Waals surface area contributed by atoms with E-state index in [-0.39, 0.29) is 7.43 Å². The molecule has 1 heterocycles. The van der Waals surface area contributed by atoms with Gasteiger partial charge in [0.1, 0.15) is 0 Å². The van der Waals surface area contributed by atoms with Gasteiger partial charge in [0.25, 0.3) is 0 Å². The van der Waals surface area contributed by atoms with E-state index in [0.29, 0.717) is 4.99 Å². The number of aryl methyl sites for hydroxylation is 1. The van der Waals surface area contributed by atoms with E-state index in [1.807, 2.05) is 0 Å². The van der Waals surface area contributed by atoms with Crippen LogP contribution in [0.5, 0.6) is 0 Å². The molecule has 0 bridgehead atoms. The number of nitrogens with two attached hydrogens (primary N) is 1. The third kappa shape index (κ3) is 8.78. The number of piperazine rings is 1. The predicted octanol–water partition coefficient (Wildman–Crippen LogP) is 2.18. The van der Waals surface area contributed by atoms with Crippen molar-refractivity contribution < 1.29 is 0 Å². The summed E-state index contributed by atoms with van der Waals surface area (Å²) < 4.78 is 0. The van der Waals surface area contributed by atoms with E-state index < -0.39 is 0 Å². The van der Waals surface area contributed by atoms with Crippen LogP contribution in [0.15, 0.2) is 24.3 Å². The highest BCUT2D eigenvalue weighted by molar-refractivity contribution is 7.80. The number of benzene rings is 1. The van der Waals surface area contributed by atoms with E-state index in [4.69, 9.17) is 5.84 Å². The summed E-state index contributed by atoms with van der Waals surface area (Å²) in [6.07, 6.45) is 0. The molecule has 0 aliphatic carbocycles. The van der Waals surface area contributed by atoms with Crippen LogP contribution in [-0.2, 0) is 6.54 Å². The number of likely N-dealkylation sites (N-methyl/N-ethyl adjacent to an activating group) is 1. The highest BCUT2D eigenvalue weighted by Crippen LogP contribution is 2.08. The zero-order chi connectivity index (χ0) is 15.0. The van der Waals surface area contributed by atoms with Crippen LogP contribution in [0, 0.1) is 6.92 Å². The summed E-state index contributed by atoms with van der Waals surface area (Å²) in [5, 5.41) is 0. The highest BCUT2D eigenvalue weighted by Gasteiger charge is 2.13. The molecule has 3 N–H and O–H groups in total. The van der Waals surface area contributed by atoms with E-state index >= 15 is 0 Å². The van der Waals surface area contributed by atoms with Gasteiger partial charge in [0.15, 0.2) is 0 Å². The first-order valence-corrected chi connectivity index (χ1v) is 7.35. The van der Waals surface area contributed by atoms with Crippen molar-refractivity contribution in [3.63, 3.8) is 0 Å². The quantitative estimate of drug-likeness (QED) is 0.498. The fraction of sp³-hybridized carbons (Fsp3) is 0.562. The lowest BCUT2D eigenvalue weighted by Crippen LogP contribution is -2.43. The molecule has 1 aliphatic heterocycles. The van der Waals surface area contributed by atoms with Crippen LogP contribution in [0.25, 0.3) is 0 Å². The summed E-state index contributed by atoms with van der Waals surface area (Å²) in [6.45, 7) is 9.76. The first kappa shape index (κ1) is 20.0. The van der Waals surface area contributed by atoms with Crippen molar-refractivity contribution in [1.29, 1.82) is 0 Å². The second kappa shape index (κ2) is 10.7. The van der Waals surface area contributed by atoms with Gasteiger partial charge in [-0.15, -0.1) is 0 Å². The van der Waals surface area contributed by atoms with Crippen LogP contribution < -0.4 is 11.3 Å². The normalized spacial score (nSPS) is 15.4. The number of nitrogens with zero attached hydrogens (tertiary/aromatic N) is 2. The summed E-state index contributed by atoms with van der Waals surface area (Å²) >= 11 is 4.46. The van der Waals surface area contributed by atoms with Crippen LogP contribution in [0.1, 0.15) is 25.5 Å². The monoisotopic (exact) mass is 310 g/mol. The maximum absolute atomic E-state index is 4.78. The van der Waals surface area contributed by atoms with E-state index in [1.165, 1.54) is 37.3 Å². The Bertz CT molecular complexity index is 397. The average molecular weight is 311 g/mol. The largest absolute Gasteiger partial charge is 0.318 e. The SMILES string of the molecule is C.CC(=S)NN.Cc1ccc(CN2CCN(C)CC2)cc1. The zero-order valence-electron chi connectivity index (χ0n) is 12.7. The molecule has 1 aromatic carbocycles. The minimum absolute atomic E-state index is 0. The van der Waals surface area contributed by atoms with E-state index in [9.17, 15) is 0 Å². The summed E-state index contributed by atoms with van der Waals surface area (Å²) in [5.41, 5.74) is 5.04. The van der Waals surface area contributed by atoms with Crippen LogP contribution in [0.3, 0.4) is 0 Å². The molecule has 0 saturated carbocycles. The van der Waals surface area contributed by atoms with Crippen LogP contribution in [0.4, 0.5) is 0 Å². The Kier molecular flexibility index (Phi) is 10.2. The third-order valence-corrected chi connectivity index (χ3v) is 3.44. The van der Waals surface area contributed by atoms with Crippen molar-refractivity contribution in [2.24, 2.45) is 5.84 Å². The summed E-state index contributed by atoms with van der Waals surface area (Å²) in [7, 11) is 2.20. The van der Waals surface area contributed by atoms with E-state index in [2.05, 4.69) is 65.7 Å². The van der Waals surface area contributed by atoms with Crippen molar-refractivity contribution in [2.45, 2.75) is 27.8 Å². The lowest BCUT2D eigenvalue weighted by molar-refractivity contribution is 0.148. The number of hydrogen-bond acceptors (Lipinski definition) is 4. The molecule has 0 unspecified atom stereocenters. The molecule has 0 atom stereocenters. The summed E-state index contributed by atoms with van der Waals surface area (Å²) in [4.78, 5) is 5.54. The van der Waals surface area contributed by atoms with E-state index in [0.717, 1.165) is 6.54 Å². The lowest BCUT2D eigenvalue weighted by atomic mass is 10.1. The number of hydrogen-bond donors (Lipinski definition) is 2. The van der Waals surface area contributed by atoms with E-state index in [1.54, 1.807) is 6.92 Å². The standard InChI is InChI=1S/C13H20N2.C2H6N2S.CH4/c1-12-3-5-13(6-4-12)11-15-9-7-14(2)8-10-15;1-2(5)4-3;/h3-6H,7-11H2,1-2H3;3H2,1H3,(H,4,5);1H4. The molecule has 1 aromatic rings. The smallest absolute Gasteiger partial charge is 0.0861 e. The zero-order valence-corrected chi connectivity index (χ0v) is 13.5. The van der Waals surface area contributed by atoms with Crippen LogP contribution in [-0.4, -0.2) is 48.0 Å². The van der Waals surface area contributed by atoms with Crippen molar-refractivity contribution in [2.75, 3.05) is 33.2 Å². The number of rotatable bonds is 2. The van der Waals surface area contributed by atoms with Crippen molar-refractivity contribution in [1.82, 2.24) is 15.2 Å². The predicted molar refractivity (Wildman–Crippen MR) is 96.3 cm³/mol. The Morgan fingerprint density at radius 3 is 2.10 bits per heavy atom. The van der Waals surface area contributed by atoms with Gasteiger partial charge < -0.3 is 10.3 Å². The van der Waals surface area contributed by atoms with Crippen molar-refractivity contribution in [3.8, 4) is 0 Å². The summed E-state index contributed by atoms with van der Waals surface area (Å²) in [5.74, 6) is 4.78. The first-order chi connectivity index (χ1) is 9.51. The number of nitrogens with one attached hydrogen (secondary N) is 1. The van der Waals surface area contributed by atoms with Gasteiger partial charge in [0, 0.05) is 32.7 Å². The number of thiocarbonyl (C=S) groups is 1. The van der Waals surface area contributed by atoms with Gasteiger partial charge >= 0.3 is 0 Å². The molecule has 21 heavy (non-hydrogen) atoms. The van der Waals surface area contributed by atoms with Gasteiger partial charge in [0.2, 0.25) is 0 Å². The molecular formula is C16H30N4S. The Hall–Kier alpha value is -1.01. The molecule has 1 aliphatic rings.